The lowest BCUT2D eigenvalue weighted by Crippen LogP contribution is -2.40. The van der Waals surface area contributed by atoms with Gasteiger partial charge in [-0.3, -0.25) is 0 Å². The number of benzene rings is 9. The molecular formula is C63H53NO3. The summed E-state index contributed by atoms with van der Waals surface area (Å²) in [5, 5.41) is 40.0. The molecule has 2 aliphatic heterocycles. The first-order chi connectivity index (χ1) is 32.4. The van der Waals surface area contributed by atoms with Gasteiger partial charge in [-0.1, -0.05) is 222 Å². The Morgan fingerprint density at radius 1 is 0.284 bits per heavy atom. The van der Waals surface area contributed by atoms with Gasteiger partial charge in [-0.05, 0) is 109 Å². The second-order valence-corrected chi connectivity index (χ2v) is 19.3. The molecule has 2 heterocycles. The zero-order chi connectivity index (χ0) is 46.2. The first-order valence-corrected chi connectivity index (χ1v) is 23.2. The maximum absolute atomic E-state index is 13.6. The fourth-order valence-electron chi connectivity index (χ4n) is 11.2. The number of hydrogen-bond donors (Lipinski definition) is 3. The van der Waals surface area contributed by atoms with Crippen molar-refractivity contribution in [2.45, 2.75) is 55.3 Å². The Morgan fingerprint density at radius 3 is 0.791 bits per heavy atom. The lowest BCUT2D eigenvalue weighted by Gasteiger charge is -2.51. The van der Waals surface area contributed by atoms with Gasteiger partial charge >= 0.3 is 0 Å². The molecule has 0 saturated carbocycles. The summed E-state index contributed by atoms with van der Waals surface area (Å²) >= 11 is 0. The van der Waals surface area contributed by atoms with Crippen molar-refractivity contribution in [2.75, 3.05) is 4.90 Å². The zero-order valence-electron chi connectivity index (χ0n) is 38.2. The summed E-state index contributed by atoms with van der Waals surface area (Å²) in [6, 6.07) is 76.9. The quantitative estimate of drug-likeness (QED) is 0.126. The summed E-state index contributed by atoms with van der Waals surface area (Å²) in [4.78, 5) is 2.39. The van der Waals surface area contributed by atoms with Crippen LogP contribution in [0.15, 0.2) is 231 Å². The van der Waals surface area contributed by atoms with E-state index in [1.807, 2.05) is 182 Å². The van der Waals surface area contributed by atoms with Gasteiger partial charge < -0.3 is 20.2 Å². The summed E-state index contributed by atoms with van der Waals surface area (Å²) in [6.45, 7) is 9.08. The zero-order valence-corrected chi connectivity index (χ0v) is 38.2. The average Bonchev–Trinajstić information content (AvgIpc) is 3.39. The first-order valence-electron chi connectivity index (χ1n) is 23.2. The molecule has 0 spiro atoms. The Kier molecular flexibility index (Phi) is 9.88. The molecule has 0 saturated heterocycles. The molecule has 9 aromatic rings. The van der Waals surface area contributed by atoms with Crippen LogP contribution in [0, 0.1) is 0 Å². The molecule has 0 unspecified atom stereocenters. The Bertz CT molecular complexity index is 2970. The van der Waals surface area contributed by atoms with Gasteiger partial charge in [-0.25, -0.2) is 0 Å². The Balaban J connectivity index is 1.21. The Hall–Kier alpha value is -7.34. The van der Waals surface area contributed by atoms with Crippen molar-refractivity contribution < 1.29 is 15.3 Å². The smallest absolute Gasteiger partial charge is 0.140 e. The molecule has 9 aromatic carbocycles. The molecule has 0 aliphatic carbocycles. The van der Waals surface area contributed by atoms with E-state index >= 15 is 0 Å². The molecule has 3 N–H and O–H groups in total. The fraction of sp³-hybridized carbons (Fsp3) is 0.143. The Morgan fingerprint density at radius 2 is 0.522 bits per heavy atom. The van der Waals surface area contributed by atoms with Crippen LogP contribution in [0.25, 0.3) is 0 Å². The van der Waals surface area contributed by atoms with Gasteiger partial charge in [-0.15, -0.1) is 0 Å². The van der Waals surface area contributed by atoms with Crippen LogP contribution in [0.4, 0.5) is 17.1 Å². The number of fused-ring (bicyclic) bond motifs is 4. The van der Waals surface area contributed by atoms with Crippen molar-refractivity contribution in [2.24, 2.45) is 0 Å². The van der Waals surface area contributed by atoms with Gasteiger partial charge in [0.1, 0.15) is 16.8 Å². The second-order valence-electron chi connectivity index (χ2n) is 19.3. The van der Waals surface area contributed by atoms with E-state index in [4.69, 9.17) is 0 Å². The maximum Gasteiger partial charge on any atom is 0.140 e. The van der Waals surface area contributed by atoms with Gasteiger partial charge in [0.05, 0.1) is 17.1 Å². The monoisotopic (exact) mass is 871 g/mol. The predicted molar refractivity (Wildman–Crippen MR) is 270 cm³/mol. The lowest BCUT2D eigenvalue weighted by molar-refractivity contribution is 0.125. The molecule has 0 bridgehead atoms. The number of nitrogens with zero attached hydrogens (tertiary/aromatic N) is 1. The largest absolute Gasteiger partial charge is 0.376 e. The Labute approximate surface area is 393 Å². The molecule has 0 amide bonds. The molecule has 0 atom stereocenters. The van der Waals surface area contributed by atoms with Crippen LogP contribution in [0.1, 0.15) is 100 Å². The number of hydrogen-bond acceptors (Lipinski definition) is 4. The van der Waals surface area contributed by atoms with Crippen LogP contribution in [0.5, 0.6) is 0 Å². The minimum Gasteiger partial charge on any atom is -0.376 e. The summed E-state index contributed by atoms with van der Waals surface area (Å²) in [5.41, 5.74) is 8.49. The highest BCUT2D eigenvalue weighted by atomic mass is 16.3. The highest BCUT2D eigenvalue weighted by Gasteiger charge is 2.49. The fourth-order valence-corrected chi connectivity index (χ4v) is 11.2. The molecule has 67 heavy (non-hydrogen) atoms. The summed E-state index contributed by atoms with van der Waals surface area (Å²) in [5.74, 6) is 0. The summed E-state index contributed by atoms with van der Waals surface area (Å²) in [7, 11) is 0. The second kappa shape index (κ2) is 15.6. The van der Waals surface area contributed by atoms with Crippen LogP contribution in [-0.2, 0) is 27.6 Å². The van der Waals surface area contributed by atoms with Gasteiger partial charge in [0.25, 0.3) is 0 Å². The molecule has 0 radical (unpaired) electrons. The van der Waals surface area contributed by atoms with Crippen molar-refractivity contribution in [1.29, 1.82) is 0 Å². The third-order valence-electron chi connectivity index (χ3n) is 14.9. The molecule has 4 heteroatoms. The SMILES string of the molecule is CC1(C)c2cc(C(O)(c3ccccc3)c3ccccc3)ccc2N2c3ccc(C(O)(c4ccccc4)c4ccccc4)cc3C(C)(C)c3cc(C(O)(c4ccccc4)c4ccccc4)cc1c32. The third-order valence-corrected chi connectivity index (χ3v) is 14.9. The van der Waals surface area contributed by atoms with E-state index in [2.05, 4.69) is 81.1 Å². The van der Waals surface area contributed by atoms with Crippen molar-refractivity contribution in [3.63, 3.8) is 0 Å². The van der Waals surface area contributed by atoms with Crippen LogP contribution in [0.3, 0.4) is 0 Å². The van der Waals surface area contributed by atoms with Crippen molar-refractivity contribution in [3.05, 3.63) is 303 Å². The molecule has 0 aromatic heterocycles. The minimum absolute atomic E-state index is 0.626. The average molecular weight is 872 g/mol. The van der Waals surface area contributed by atoms with E-state index < -0.39 is 27.6 Å². The van der Waals surface area contributed by atoms with E-state index in [1.54, 1.807) is 0 Å². The number of rotatable bonds is 9. The normalized spacial score (nSPS) is 14.7. The van der Waals surface area contributed by atoms with E-state index in [9.17, 15) is 15.3 Å². The minimum atomic E-state index is -1.52. The van der Waals surface area contributed by atoms with Gasteiger partial charge in [0.15, 0.2) is 0 Å². The highest BCUT2D eigenvalue weighted by molar-refractivity contribution is 5.93. The standard InChI is InChI=1S/C63H53NO3/c1-59(2)52-39-49(61(65,43-23-11-5-12-24-43)44-25-13-6-14-26-44)35-37-56(52)64-57-38-36-50(62(66,45-27-15-7-16-28-45)46-29-17-8-18-30-46)40-53(57)60(3,4)55-42-51(41-54(59)58(55)64)63(67,47-31-19-9-20-32-47)48-33-21-10-22-34-48/h5-42,65-67H,1-4H3. The van der Waals surface area contributed by atoms with E-state index in [-0.39, 0.29) is 0 Å². The van der Waals surface area contributed by atoms with Crippen LogP contribution in [0.2, 0.25) is 0 Å². The summed E-state index contributed by atoms with van der Waals surface area (Å²) in [6.07, 6.45) is 0. The molecule has 4 nitrogen and oxygen atoms in total. The van der Waals surface area contributed by atoms with Crippen molar-refractivity contribution >= 4 is 17.1 Å². The summed E-state index contributed by atoms with van der Waals surface area (Å²) < 4.78 is 0. The van der Waals surface area contributed by atoms with Crippen LogP contribution < -0.4 is 4.90 Å². The molecular weight excluding hydrogens is 819 g/mol. The molecule has 11 rings (SSSR count). The molecule has 2 aliphatic rings. The van der Waals surface area contributed by atoms with Gasteiger partial charge in [0, 0.05) is 10.8 Å². The number of anilines is 3. The van der Waals surface area contributed by atoms with E-state index in [1.165, 1.54) is 0 Å². The van der Waals surface area contributed by atoms with Crippen LogP contribution in [-0.4, -0.2) is 15.3 Å². The molecule has 0 fully saturated rings. The maximum atomic E-state index is 13.6. The lowest BCUT2D eigenvalue weighted by atomic mass is 9.63. The molecule has 328 valence electrons. The first kappa shape index (κ1) is 42.3. The third kappa shape index (κ3) is 6.32. The predicted octanol–water partition coefficient (Wildman–Crippen LogP) is 13.3. The van der Waals surface area contributed by atoms with Crippen LogP contribution >= 0.6 is 0 Å². The topological polar surface area (TPSA) is 63.9 Å². The van der Waals surface area contributed by atoms with E-state index in [0.29, 0.717) is 0 Å². The highest BCUT2D eigenvalue weighted by Crippen LogP contribution is 2.62. The van der Waals surface area contributed by atoms with Gasteiger partial charge in [0.2, 0.25) is 0 Å². The van der Waals surface area contributed by atoms with Gasteiger partial charge in [-0.2, -0.15) is 0 Å². The van der Waals surface area contributed by atoms with Crippen molar-refractivity contribution in [1.82, 2.24) is 0 Å². The number of aliphatic hydroxyl groups is 3. The van der Waals surface area contributed by atoms with E-state index in [0.717, 1.165) is 89.4 Å². The van der Waals surface area contributed by atoms with Crippen molar-refractivity contribution in [3.8, 4) is 0 Å².